The first-order chi connectivity index (χ1) is 7.97. The topological polar surface area (TPSA) is 37.3 Å². The predicted molar refractivity (Wildman–Crippen MR) is 67.8 cm³/mol. The molecule has 0 aromatic heterocycles. The molecule has 1 N–H and O–H groups in total. The average Bonchev–Trinajstić information content (AvgIpc) is 2.33. The van der Waals surface area contributed by atoms with Gasteiger partial charge in [-0.3, -0.25) is 4.79 Å². The summed E-state index contributed by atoms with van der Waals surface area (Å²) in [7, 11) is 0. The Morgan fingerprint density at radius 2 is 1.65 bits per heavy atom. The second-order valence-corrected chi connectivity index (χ2v) is 4.90. The van der Waals surface area contributed by atoms with Gasteiger partial charge in [0.2, 0.25) is 0 Å². The maximum Gasteiger partial charge on any atom is 0.199 e. The van der Waals surface area contributed by atoms with Crippen LogP contribution >= 0.6 is 0 Å². The lowest BCUT2D eigenvalue weighted by molar-refractivity contribution is 0.0101. The molecule has 17 heavy (non-hydrogen) atoms. The van der Waals surface area contributed by atoms with E-state index in [1.54, 1.807) is 36.4 Å². The Kier molecular flexibility index (Phi) is 2.76. The molecule has 0 radical (unpaired) electrons. The monoisotopic (exact) mass is 228 g/mol. The van der Waals surface area contributed by atoms with Gasteiger partial charge >= 0.3 is 0 Å². The van der Waals surface area contributed by atoms with E-state index in [1.165, 1.54) is 0 Å². The largest absolute Gasteiger partial charge is 0.377 e. The quantitative estimate of drug-likeness (QED) is 0.790. The lowest BCUT2D eigenvalue weighted by atomic mass is 9.69. The molecule has 1 aliphatic carbocycles. The highest BCUT2D eigenvalue weighted by Crippen LogP contribution is 2.38. The Hall–Kier alpha value is -1.67. The Balaban J connectivity index is 2.43. The van der Waals surface area contributed by atoms with Gasteiger partial charge in [0, 0.05) is 11.0 Å². The Morgan fingerprint density at radius 3 is 2.24 bits per heavy atom. The lowest BCUT2D eigenvalue weighted by Crippen LogP contribution is -2.49. The Bertz CT molecular complexity index is 483. The fourth-order valence-electron chi connectivity index (χ4n) is 2.01. The zero-order chi connectivity index (χ0) is 12.5. The smallest absolute Gasteiger partial charge is 0.199 e. The van der Waals surface area contributed by atoms with Crippen molar-refractivity contribution >= 4 is 5.78 Å². The summed E-state index contributed by atoms with van der Waals surface area (Å²) >= 11 is 0. The van der Waals surface area contributed by atoms with Crippen LogP contribution in [0.5, 0.6) is 0 Å². The molecular formula is C15H16O2. The summed E-state index contributed by atoms with van der Waals surface area (Å²) in [4.78, 5) is 12.4. The van der Waals surface area contributed by atoms with E-state index in [1.807, 2.05) is 32.1 Å². The van der Waals surface area contributed by atoms with E-state index in [2.05, 4.69) is 0 Å². The molecule has 1 aromatic carbocycles. The second-order valence-electron chi connectivity index (χ2n) is 4.90. The second kappa shape index (κ2) is 3.97. The third-order valence-electron chi connectivity index (χ3n) is 3.33. The summed E-state index contributed by atoms with van der Waals surface area (Å²) in [6, 6.07) is 8.89. The molecule has 1 aromatic rings. The van der Waals surface area contributed by atoms with Gasteiger partial charge in [-0.2, -0.15) is 0 Å². The van der Waals surface area contributed by atoms with Gasteiger partial charge in [-0.1, -0.05) is 62.4 Å². The van der Waals surface area contributed by atoms with Crippen molar-refractivity contribution in [3.05, 3.63) is 60.2 Å². The van der Waals surface area contributed by atoms with Gasteiger partial charge in [-0.25, -0.2) is 0 Å². The summed E-state index contributed by atoms with van der Waals surface area (Å²) in [6.45, 7) is 3.71. The number of carbonyl (C=O) groups is 1. The average molecular weight is 228 g/mol. The highest BCUT2D eigenvalue weighted by atomic mass is 16.3. The number of benzene rings is 1. The summed E-state index contributed by atoms with van der Waals surface area (Å²) in [5.41, 5.74) is -1.54. The molecule has 0 saturated heterocycles. The van der Waals surface area contributed by atoms with E-state index in [4.69, 9.17) is 0 Å². The van der Waals surface area contributed by atoms with Crippen LogP contribution in [0.2, 0.25) is 0 Å². The zero-order valence-corrected chi connectivity index (χ0v) is 10.1. The fourth-order valence-corrected chi connectivity index (χ4v) is 2.01. The van der Waals surface area contributed by atoms with Crippen LogP contribution in [-0.2, 0) is 0 Å². The molecule has 0 saturated carbocycles. The number of rotatable bonds is 2. The molecular weight excluding hydrogens is 212 g/mol. The molecule has 0 fully saturated rings. The lowest BCUT2D eigenvalue weighted by Gasteiger charge is -2.38. The minimum absolute atomic E-state index is 0.260. The van der Waals surface area contributed by atoms with Crippen LogP contribution in [0.1, 0.15) is 24.2 Å². The molecule has 0 amide bonds. The van der Waals surface area contributed by atoms with E-state index in [-0.39, 0.29) is 5.78 Å². The Labute approximate surface area is 101 Å². The first-order valence-electron chi connectivity index (χ1n) is 5.67. The van der Waals surface area contributed by atoms with E-state index >= 15 is 0 Å². The summed E-state index contributed by atoms with van der Waals surface area (Å²) in [5.74, 6) is -0.260. The van der Waals surface area contributed by atoms with Gasteiger partial charge in [0.15, 0.2) is 11.4 Å². The third kappa shape index (κ3) is 1.85. The molecule has 0 aliphatic heterocycles. The summed E-state index contributed by atoms with van der Waals surface area (Å²) in [6.07, 6.45) is 7.00. The normalized spacial score (nSPS) is 25.8. The van der Waals surface area contributed by atoms with E-state index in [0.29, 0.717) is 5.56 Å². The predicted octanol–water partition coefficient (Wildman–Crippen LogP) is 2.75. The first-order valence-corrected chi connectivity index (χ1v) is 5.67. The van der Waals surface area contributed by atoms with Crippen LogP contribution < -0.4 is 0 Å². The minimum atomic E-state index is -1.47. The fraction of sp³-hybridized carbons (Fsp3) is 0.267. The van der Waals surface area contributed by atoms with Gasteiger partial charge in [0.05, 0.1) is 0 Å². The van der Waals surface area contributed by atoms with E-state index in [9.17, 15) is 9.90 Å². The highest BCUT2D eigenvalue weighted by molar-refractivity contribution is 6.04. The number of hydrogen-bond donors (Lipinski definition) is 1. The van der Waals surface area contributed by atoms with Crippen molar-refractivity contribution in [3.8, 4) is 0 Å². The molecule has 0 heterocycles. The summed E-state index contributed by atoms with van der Waals surface area (Å²) < 4.78 is 0. The number of ketones is 1. The van der Waals surface area contributed by atoms with Crippen molar-refractivity contribution in [1.29, 1.82) is 0 Å². The molecule has 2 rings (SSSR count). The van der Waals surface area contributed by atoms with Crippen LogP contribution in [0.4, 0.5) is 0 Å². The van der Waals surface area contributed by atoms with Crippen molar-refractivity contribution in [2.75, 3.05) is 0 Å². The number of hydrogen-bond acceptors (Lipinski definition) is 2. The number of aliphatic hydroxyl groups is 1. The first kappa shape index (κ1) is 11.8. The van der Waals surface area contributed by atoms with Crippen molar-refractivity contribution < 1.29 is 9.90 Å². The Morgan fingerprint density at radius 1 is 1.06 bits per heavy atom. The highest BCUT2D eigenvalue weighted by Gasteiger charge is 2.47. The molecule has 1 unspecified atom stereocenters. The van der Waals surface area contributed by atoms with E-state index in [0.717, 1.165) is 0 Å². The maximum absolute atomic E-state index is 12.4. The molecule has 1 aliphatic rings. The van der Waals surface area contributed by atoms with Crippen LogP contribution in [0.15, 0.2) is 54.6 Å². The summed E-state index contributed by atoms with van der Waals surface area (Å²) in [5, 5.41) is 10.6. The molecule has 88 valence electrons. The van der Waals surface area contributed by atoms with Crippen LogP contribution in [-0.4, -0.2) is 16.5 Å². The third-order valence-corrected chi connectivity index (χ3v) is 3.33. The van der Waals surface area contributed by atoms with E-state index < -0.39 is 11.0 Å². The minimum Gasteiger partial charge on any atom is -0.377 e. The molecule has 2 heteroatoms. The van der Waals surface area contributed by atoms with Crippen molar-refractivity contribution in [3.63, 3.8) is 0 Å². The maximum atomic E-state index is 12.4. The standard InChI is InChI=1S/C15H16O2/c1-14(2)10-6-7-11-15(14,17)13(16)12-8-4-3-5-9-12/h3-11,17H,1-2H3. The molecule has 0 bridgehead atoms. The van der Waals surface area contributed by atoms with Gasteiger partial charge in [-0.15, -0.1) is 0 Å². The molecule has 2 nitrogen and oxygen atoms in total. The van der Waals surface area contributed by atoms with Gasteiger partial charge < -0.3 is 5.11 Å². The van der Waals surface area contributed by atoms with Gasteiger partial charge in [0.1, 0.15) is 0 Å². The van der Waals surface area contributed by atoms with Crippen LogP contribution in [0, 0.1) is 5.41 Å². The van der Waals surface area contributed by atoms with Crippen LogP contribution in [0.3, 0.4) is 0 Å². The molecule has 0 spiro atoms. The van der Waals surface area contributed by atoms with Crippen molar-refractivity contribution in [2.24, 2.45) is 5.41 Å². The SMILES string of the molecule is CC1(C)C=CC=CC1(O)C(=O)c1ccccc1. The number of Topliss-reactive ketones (excluding diaryl/α,β-unsaturated/α-hetero) is 1. The van der Waals surface area contributed by atoms with Gasteiger partial charge in [0.25, 0.3) is 0 Å². The van der Waals surface area contributed by atoms with Crippen LogP contribution in [0.25, 0.3) is 0 Å². The molecule has 1 atom stereocenters. The zero-order valence-electron chi connectivity index (χ0n) is 10.1. The number of carbonyl (C=O) groups excluding carboxylic acids is 1. The van der Waals surface area contributed by atoms with Crippen molar-refractivity contribution in [2.45, 2.75) is 19.4 Å². The van der Waals surface area contributed by atoms with Crippen molar-refractivity contribution in [1.82, 2.24) is 0 Å². The van der Waals surface area contributed by atoms with Gasteiger partial charge in [-0.05, 0) is 6.08 Å². The number of allylic oxidation sites excluding steroid dienone is 2.